The first kappa shape index (κ1) is 15.7. The van der Waals surface area contributed by atoms with E-state index in [0.717, 1.165) is 23.1 Å². The number of pyridine rings is 1. The van der Waals surface area contributed by atoms with Crippen LogP contribution in [-0.2, 0) is 17.6 Å². The number of hydrogen-bond acceptors (Lipinski definition) is 3. The summed E-state index contributed by atoms with van der Waals surface area (Å²) in [6.45, 7) is 2.13. The average Bonchev–Trinajstić information content (AvgIpc) is 2.49. The van der Waals surface area contributed by atoms with E-state index >= 15 is 0 Å². The van der Waals surface area contributed by atoms with Crippen molar-refractivity contribution in [3.05, 3.63) is 65.0 Å². The van der Waals surface area contributed by atoms with E-state index in [4.69, 9.17) is 5.11 Å². The van der Waals surface area contributed by atoms with E-state index in [9.17, 15) is 9.59 Å². The minimum absolute atomic E-state index is 0.0255. The van der Waals surface area contributed by atoms with Crippen molar-refractivity contribution in [3.63, 3.8) is 0 Å². The number of amides is 1. The lowest BCUT2D eigenvalue weighted by molar-refractivity contribution is -0.118. The predicted molar refractivity (Wildman–Crippen MR) is 82.8 cm³/mol. The molecule has 0 aliphatic heterocycles. The molecule has 0 atom stereocenters. The molecule has 0 unspecified atom stereocenters. The van der Waals surface area contributed by atoms with E-state index in [0.29, 0.717) is 13.0 Å². The van der Waals surface area contributed by atoms with Crippen molar-refractivity contribution in [2.75, 3.05) is 6.54 Å². The SMILES string of the molecule is CC(=O)NCCc1ccc(Cc2cncc(C(=O)O)c2)cc1. The van der Waals surface area contributed by atoms with Gasteiger partial charge in [-0.1, -0.05) is 24.3 Å². The van der Waals surface area contributed by atoms with E-state index in [1.54, 1.807) is 12.3 Å². The molecule has 0 spiro atoms. The summed E-state index contributed by atoms with van der Waals surface area (Å²) < 4.78 is 0. The Labute approximate surface area is 129 Å². The van der Waals surface area contributed by atoms with Gasteiger partial charge in [-0.3, -0.25) is 9.78 Å². The zero-order valence-corrected chi connectivity index (χ0v) is 12.4. The molecule has 0 saturated carbocycles. The highest BCUT2D eigenvalue weighted by molar-refractivity contribution is 5.87. The van der Waals surface area contributed by atoms with Crippen LogP contribution in [0, 0.1) is 0 Å². The van der Waals surface area contributed by atoms with Gasteiger partial charge in [0.25, 0.3) is 0 Å². The fourth-order valence-corrected chi connectivity index (χ4v) is 2.14. The highest BCUT2D eigenvalue weighted by Gasteiger charge is 2.05. The molecule has 22 heavy (non-hydrogen) atoms. The molecule has 2 N–H and O–H groups in total. The Balaban J connectivity index is 1.97. The summed E-state index contributed by atoms with van der Waals surface area (Å²) >= 11 is 0. The summed E-state index contributed by atoms with van der Waals surface area (Å²) in [5, 5.41) is 11.7. The molecule has 1 amide bonds. The van der Waals surface area contributed by atoms with Gasteiger partial charge in [0.15, 0.2) is 0 Å². The van der Waals surface area contributed by atoms with E-state index in [1.165, 1.54) is 13.1 Å². The Kier molecular flexibility index (Phi) is 5.25. The third kappa shape index (κ3) is 4.70. The summed E-state index contributed by atoms with van der Waals surface area (Å²) in [5.74, 6) is -0.995. The lowest BCUT2D eigenvalue weighted by Crippen LogP contribution is -2.22. The minimum atomic E-state index is -0.970. The van der Waals surface area contributed by atoms with Crippen molar-refractivity contribution in [2.24, 2.45) is 0 Å². The topological polar surface area (TPSA) is 79.3 Å². The molecule has 5 heteroatoms. The number of carbonyl (C=O) groups is 2. The highest BCUT2D eigenvalue weighted by Crippen LogP contribution is 2.12. The van der Waals surface area contributed by atoms with Gasteiger partial charge in [0.05, 0.1) is 5.56 Å². The first-order chi connectivity index (χ1) is 10.5. The molecule has 0 aliphatic rings. The summed E-state index contributed by atoms with van der Waals surface area (Å²) in [7, 11) is 0. The first-order valence-electron chi connectivity index (χ1n) is 7.04. The molecule has 2 rings (SSSR count). The van der Waals surface area contributed by atoms with Crippen molar-refractivity contribution in [1.29, 1.82) is 0 Å². The van der Waals surface area contributed by atoms with E-state index in [1.807, 2.05) is 24.3 Å². The highest BCUT2D eigenvalue weighted by atomic mass is 16.4. The van der Waals surface area contributed by atoms with Crippen molar-refractivity contribution >= 4 is 11.9 Å². The van der Waals surface area contributed by atoms with E-state index in [2.05, 4.69) is 10.3 Å². The van der Waals surface area contributed by atoms with E-state index in [-0.39, 0.29) is 11.5 Å². The van der Waals surface area contributed by atoms with Crippen LogP contribution in [-0.4, -0.2) is 28.5 Å². The van der Waals surface area contributed by atoms with Crippen LogP contribution in [0.3, 0.4) is 0 Å². The second kappa shape index (κ2) is 7.36. The van der Waals surface area contributed by atoms with Crippen LogP contribution < -0.4 is 5.32 Å². The molecule has 0 fully saturated rings. The Morgan fingerprint density at radius 2 is 1.77 bits per heavy atom. The fourth-order valence-electron chi connectivity index (χ4n) is 2.14. The minimum Gasteiger partial charge on any atom is -0.478 e. The van der Waals surface area contributed by atoms with Crippen LogP contribution in [0.4, 0.5) is 0 Å². The lowest BCUT2D eigenvalue weighted by Gasteiger charge is -2.06. The van der Waals surface area contributed by atoms with Gasteiger partial charge in [-0.05, 0) is 35.6 Å². The number of nitrogens with zero attached hydrogens (tertiary/aromatic N) is 1. The molecule has 1 heterocycles. The van der Waals surface area contributed by atoms with Gasteiger partial charge >= 0.3 is 5.97 Å². The maximum absolute atomic E-state index is 10.9. The van der Waals surface area contributed by atoms with Gasteiger partial charge in [-0.15, -0.1) is 0 Å². The lowest BCUT2D eigenvalue weighted by atomic mass is 10.0. The monoisotopic (exact) mass is 298 g/mol. The van der Waals surface area contributed by atoms with Crippen LogP contribution in [0.2, 0.25) is 0 Å². The molecule has 0 bridgehead atoms. The number of carboxylic acids is 1. The smallest absolute Gasteiger partial charge is 0.337 e. The Bertz CT molecular complexity index is 666. The third-order valence-electron chi connectivity index (χ3n) is 3.26. The van der Waals surface area contributed by atoms with Gasteiger partial charge in [0.1, 0.15) is 0 Å². The molecule has 5 nitrogen and oxygen atoms in total. The van der Waals surface area contributed by atoms with Crippen LogP contribution in [0.5, 0.6) is 0 Å². The molecule has 2 aromatic rings. The summed E-state index contributed by atoms with van der Waals surface area (Å²) in [5.41, 5.74) is 3.30. The average molecular weight is 298 g/mol. The number of carbonyl (C=O) groups excluding carboxylic acids is 1. The van der Waals surface area contributed by atoms with Crippen molar-refractivity contribution in [1.82, 2.24) is 10.3 Å². The van der Waals surface area contributed by atoms with Crippen LogP contribution in [0.1, 0.15) is 34.0 Å². The van der Waals surface area contributed by atoms with Gasteiger partial charge in [0.2, 0.25) is 5.91 Å². The van der Waals surface area contributed by atoms with Crippen LogP contribution in [0.15, 0.2) is 42.7 Å². The fraction of sp³-hybridized carbons (Fsp3) is 0.235. The second-order valence-electron chi connectivity index (χ2n) is 5.11. The molecule has 0 aliphatic carbocycles. The van der Waals surface area contributed by atoms with E-state index < -0.39 is 5.97 Å². The van der Waals surface area contributed by atoms with Crippen LogP contribution in [0.25, 0.3) is 0 Å². The van der Waals surface area contributed by atoms with Gasteiger partial charge < -0.3 is 10.4 Å². The largest absolute Gasteiger partial charge is 0.478 e. The maximum atomic E-state index is 10.9. The molecule has 114 valence electrons. The number of benzene rings is 1. The number of aromatic nitrogens is 1. The molecule has 0 saturated heterocycles. The predicted octanol–water partition coefficient (Wildman–Crippen LogP) is 2.05. The number of rotatable bonds is 6. The first-order valence-corrected chi connectivity index (χ1v) is 7.04. The summed E-state index contributed by atoms with van der Waals surface area (Å²) in [6, 6.07) is 9.70. The van der Waals surface area contributed by atoms with Crippen LogP contribution >= 0.6 is 0 Å². The molecular formula is C17H18N2O3. The maximum Gasteiger partial charge on any atom is 0.337 e. The Hall–Kier alpha value is -2.69. The normalized spacial score (nSPS) is 10.2. The molecule has 1 aromatic carbocycles. The Morgan fingerprint density at radius 1 is 1.09 bits per heavy atom. The van der Waals surface area contributed by atoms with Gasteiger partial charge in [-0.2, -0.15) is 0 Å². The zero-order chi connectivity index (χ0) is 15.9. The van der Waals surface area contributed by atoms with Crippen molar-refractivity contribution in [3.8, 4) is 0 Å². The number of aromatic carboxylic acids is 1. The van der Waals surface area contributed by atoms with Gasteiger partial charge in [-0.25, -0.2) is 4.79 Å². The van der Waals surface area contributed by atoms with Crippen molar-refractivity contribution in [2.45, 2.75) is 19.8 Å². The van der Waals surface area contributed by atoms with Crippen molar-refractivity contribution < 1.29 is 14.7 Å². The molecule has 1 aromatic heterocycles. The second-order valence-corrected chi connectivity index (χ2v) is 5.11. The zero-order valence-electron chi connectivity index (χ0n) is 12.4. The number of carboxylic acid groups (broad SMARTS) is 1. The Morgan fingerprint density at radius 3 is 2.41 bits per heavy atom. The molecular weight excluding hydrogens is 280 g/mol. The number of nitrogens with one attached hydrogen (secondary N) is 1. The summed E-state index contributed by atoms with van der Waals surface area (Å²) in [4.78, 5) is 25.7. The standard InChI is InChI=1S/C17H18N2O3/c1-12(20)19-7-6-13-2-4-14(5-3-13)8-15-9-16(17(21)22)11-18-10-15/h2-5,9-11H,6-8H2,1H3,(H,19,20)(H,21,22). The molecule has 0 radical (unpaired) electrons. The summed E-state index contributed by atoms with van der Waals surface area (Å²) in [6.07, 6.45) is 4.45. The quantitative estimate of drug-likeness (QED) is 0.855. The van der Waals surface area contributed by atoms with Gasteiger partial charge in [0, 0.05) is 25.9 Å². The number of hydrogen-bond donors (Lipinski definition) is 2. The third-order valence-corrected chi connectivity index (χ3v) is 3.26.